The Morgan fingerprint density at radius 3 is 2.47 bits per heavy atom. The predicted molar refractivity (Wildman–Crippen MR) is 75.5 cm³/mol. The fourth-order valence-electron chi connectivity index (χ4n) is 2.51. The van der Waals surface area contributed by atoms with Crippen LogP contribution in [-0.2, 0) is 0 Å². The van der Waals surface area contributed by atoms with E-state index in [1.807, 2.05) is 19.9 Å². The zero-order valence-corrected chi connectivity index (χ0v) is 12.2. The molecule has 1 fully saturated rings. The van der Waals surface area contributed by atoms with Crippen LogP contribution in [-0.4, -0.2) is 33.4 Å². The molecule has 1 aromatic carbocycles. The van der Waals surface area contributed by atoms with Gasteiger partial charge in [-0.25, -0.2) is 0 Å². The number of hydrogen-bond acceptors (Lipinski definition) is 4. The van der Waals surface area contributed by atoms with E-state index < -0.39 is 0 Å². The van der Waals surface area contributed by atoms with E-state index in [0.717, 1.165) is 25.3 Å². The Balaban J connectivity index is 2.45. The van der Waals surface area contributed by atoms with Crippen molar-refractivity contribution in [2.24, 2.45) is 0 Å². The minimum Gasteiger partial charge on any atom is -0.493 e. The Hall–Kier alpha value is -1.42. The van der Waals surface area contributed by atoms with Crippen molar-refractivity contribution in [3.63, 3.8) is 0 Å². The van der Waals surface area contributed by atoms with Gasteiger partial charge in [-0.1, -0.05) is 6.07 Å². The fourth-order valence-corrected chi connectivity index (χ4v) is 2.51. The van der Waals surface area contributed by atoms with Crippen LogP contribution in [0.4, 0.5) is 0 Å². The van der Waals surface area contributed by atoms with Crippen molar-refractivity contribution in [3.8, 4) is 17.2 Å². The maximum atomic E-state index is 5.99. The minimum absolute atomic E-state index is 0.106. The number of nitrogens with one attached hydrogen (secondary N) is 1. The molecule has 1 saturated heterocycles. The molecule has 1 heterocycles. The van der Waals surface area contributed by atoms with Gasteiger partial charge in [-0.3, -0.25) is 0 Å². The molecule has 2 rings (SSSR count). The van der Waals surface area contributed by atoms with Crippen LogP contribution in [0.25, 0.3) is 0 Å². The second-order valence-electron chi connectivity index (χ2n) is 5.08. The highest BCUT2D eigenvalue weighted by Gasteiger charge is 2.25. The molecule has 0 amide bonds. The zero-order chi connectivity index (χ0) is 13.8. The summed E-state index contributed by atoms with van der Waals surface area (Å²) in [6.07, 6.45) is 1.23. The molecule has 0 bridgehead atoms. The lowest BCUT2D eigenvalue weighted by Gasteiger charge is -2.22. The summed E-state index contributed by atoms with van der Waals surface area (Å²) in [4.78, 5) is 0. The first-order chi connectivity index (χ1) is 9.17. The molecule has 0 saturated carbocycles. The van der Waals surface area contributed by atoms with Crippen LogP contribution in [0.1, 0.15) is 31.7 Å². The standard InChI is InChI=1S/C15H23NO3/c1-10(2)19-14-12(11-7-8-16-9-11)5-6-13(17-3)15(14)18-4/h5-6,10-11,16H,7-9H2,1-4H3. The first-order valence-electron chi connectivity index (χ1n) is 6.79. The van der Waals surface area contributed by atoms with Gasteiger partial charge in [-0.05, 0) is 32.9 Å². The van der Waals surface area contributed by atoms with Gasteiger partial charge < -0.3 is 19.5 Å². The van der Waals surface area contributed by atoms with E-state index in [1.165, 1.54) is 5.56 Å². The van der Waals surface area contributed by atoms with Gasteiger partial charge in [0.25, 0.3) is 0 Å². The first kappa shape index (κ1) is 14.0. The van der Waals surface area contributed by atoms with Crippen molar-refractivity contribution in [1.82, 2.24) is 5.32 Å². The van der Waals surface area contributed by atoms with Crippen LogP contribution >= 0.6 is 0 Å². The van der Waals surface area contributed by atoms with E-state index in [0.29, 0.717) is 17.4 Å². The largest absolute Gasteiger partial charge is 0.493 e. The molecule has 1 atom stereocenters. The van der Waals surface area contributed by atoms with Crippen molar-refractivity contribution < 1.29 is 14.2 Å². The van der Waals surface area contributed by atoms with E-state index >= 15 is 0 Å². The summed E-state index contributed by atoms with van der Waals surface area (Å²) in [5, 5.41) is 3.39. The lowest BCUT2D eigenvalue weighted by atomic mass is 9.96. The summed E-state index contributed by atoms with van der Waals surface area (Å²) < 4.78 is 16.8. The summed E-state index contributed by atoms with van der Waals surface area (Å²) in [7, 11) is 3.30. The normalized spacial score (nSPS) is 18.7. The first-order valence-corrected chi connectivity index (χ1v) is 6.79. The average molecular weight is 265 g/mol. The molecule has 4 heteroatoms. The fraction of sp³-hybridized carbons (Fsp3) is 0.600. The van der Waals surface area contributed by atoms with E-state index in [4.69, 9.17) is 14.2 Å². The average Bonchev–Trinajstić information content (AvgIpc) is 2.91. The smallest absolute Gasteiger partial charge is 0.203 e. The Morgan fingerprint density at radius 1 is 1.16 bits per heavy atom. The van der Waals surface area contributed by atoms with E-state index in [-0.39, 0.29) is 6.10 Å². The number of benzene rings is 1. The van der Waals surface area contributed by atoms with Crippen molar-refractivity contribution in [2.75, 3.05) is 27.3 Å². The highest BCUT2D eigenvalue weighted by atomic mass is 16.5. The number of hydrogen-bond donors (Lipinski definition) is 1. The second kappa shape index (κ2) is 6.15. The minimum atomic E-state index is 0.106. The molecule has 0 aliphatic carbocycles. The Morgan fingerprint density at radius 2 is 1.95 bits per heavy atom. The molecule has 0 aromatic heterocycles. The molecule has 0 spiro atoms. The number of methoxy groups -OCH3 is 2. The highest BCUT2D eigenvalue weighted by molar-refractivity contribution is 5.57. The molecule has 1 N–H and O–H groups in total. The molecule has 1 aromatic rings. The molecule has 1 aliphatic rings. The summed E-state index contributed by atoms with van der Waals surface area (Å²) >= 11 is 0. The van der Waals surface area contributed by atoms with E-state index in [9.17, 15) is 0 Å². The Kier molecular flexibility index (Phi) is 4.53. The van der Waals surface area contributed by atoms with Gasteiger partial charge in [-0.15, -0.1) is 0 Å². The summed E-state index contributed by atoms with van der Waals surface area (Å²) in [6, 6.07) is 4.05. The Bertz CT molecular complexity index is 426. The topological polar surface area (TPSA) is 39.7 Å². The predicted octanol–water partition coefficient (Wildman–Crippen LogP) is 2.57. The molecule has 1 unspecified atom stereocenters. The molecule has 4 nitrogen and oxygen atoms in total. The highest BCUT2D eigenvalue weighted by Crippen LogP contribution is 2.44. The van der Waals surface area contributed by atoms with E-state index in [1.54, 1.807) is 14.2 Å². The number of rotatable bonds is 5. The third-order valence-corrected chi connectivity index (χ3v) is 3.38. The maximum Gasteiger partial charge on any atom is 0.203 e. The summed E-state index contributed by atoms with van der Waals surface area (Å²) in [5.41, 5.74) is 1.20. The zero-order valence-electron chi connectivity index (χ0n) is 12.2. The molecule has 0 radical (unpaired) electrons. The third kappa shape index (κ3) is 2.95. The van der Waals surface area contributed by atoms with Crippen LogP contribution < -0.4 is 19.5 Å². The van der Waals surface area contributed by atoms with Crippen molar-refractivity contribution in [3.05, 3.63) is 17.7 Å². The van der Waals surface area contributed by atoms with Crippen molar-refractivity contribution in [1.29, 1.82) is 0 Å². The lowest BCUT2D eigenvalue weighted by molar-refractivity contribution is 0.223. The summed E-state index contributed by atoms with van der Waals surface area (Å²) in [5.74, 6) is 2.72. The van der Waals surface area contributed by atoms with Gasteiger partial charge in [0, 0.05) is 18.0 Å². The van der Waals surface area contributed by atoms with Gasteiger partial charge in [0.05, 0.1) is 20.3 Å². The SMILES string of the molecule is COc1ccc(C2CCNC2)c(OC(C)C)c1OC. The van der Waals surface area contributed by atoms with Crippen LogP contribution in [0.3, 0.4) is 0 Å². The number of ether oxygens (including phenoxy) is 3. The molecular weight excluding hydrogens is 242 g/mol. The molecule has 19 heavy (non-hydrogen) atoms. The van der Waals surface area contributed by atoms with E-state index in [2.05, 4.69) is 11.4 Å². The summed E-state index contributed by atoms with van der Waals surface area (Å²) in [6.45, 7) is 6.09. The van der Waals surface area contributed by atoms with Gasteiger partial charge in [0.1, 0.15) is 0 Å². The van der Waals surface area contributed by atoms with Crippen molar-refractivity contribution >= 4 is 0 Å². The van der Waals surface area contributed by atoms with Gasteiger partial charge >= 0.3 is 0 Å². The Labute approximate surface area is 115 Å². The molecule has 106 valence electrons. The quantitative estimate of drug-likeness (QED) is 0.888. The van der Waals surface area contributed by atoms with Crippen LogP contribution in [0.15, 0.2) is 12.1 Å². The third-order valence-electron chi connectivity index (χ3n) is 3.38. The lowest BCUT2D eigenvalue weighted by Crippen LogP contribution is -2.13. The maximum absolute atomic E-state index is 5.99. The van der Waals surface area contributed by atoms with Gasteiger partial charge in [0.15, 0.2) is 11.5 Å². The second-order valence-corrected chi connectivity index (χ2v) is 5.08. The van der Waals surface area contributed by atoms with Crippen molar-refractivity contribution in [2.45, 2.75) is 32.3 Å². The van der Waals surface area contributed by atoms with Crippen LogP contribution in [0.2, 0.25) is 0 Å². The molecular formula is C15H23NO3. The van der Waals surface area contributed by atoms with Crippen LogP contribution in [0.5, 0.6) is 17.2 Å². The molecule has 1 aliphatic heterocycles. The monoisotopic (exact) mass is 265 g/mol. The van der Waals surface area contributed by atoms with Crippen LogP contribution in [0, 0.1) is 0 Å². The van der Waals surface area contributed by atoms with Gasteiger partial charge in [0.2, 0.25) is 5.75 Å². The van der Waals surface area contributed by atoms with Gasteiger partial charge in [-0.2, -0.15) is 0 Å².